The molecule has 1 spiro atoms. The molecule has 1 atom stereocenters. The number of carbonyl (C=O) groups excluding carboxylic acids is 2. The lowest BCUT2D eigenvalue weighted by Gasteiger charge is -2.34. The highest BCUT2D eigenvalue weighted by atomic mass is 16.5. The quantitative estimate of drug-likeness (QED) is 0.413. The molecule has 3 aromatic carbocycles. The predicted octanol–water partition coefficient (Wildman–Crippen LogP) is 4.30. The van der Waals surface area contributed by atoms with E-state index in [9.17, 15) is 14.4 Å². The van der Waals surface area contributed by atoms with Crippen LogP contribution in [0.5, 0.6) is 0 Å². The van der Waals surface area contributed by atoms with Gasteiger partial charge in [-0.1, -0.05) is 59.7 Å². The Labute approximate surface area is 213 Å². The summed E-state index contributed by atoms with van der Waals surface area (Å²) < 4.78 is 11.4. The fourth-order valence-electron chi connectivity index (χ4n) is 5.74. The van der Waals surface area contributed by atoms with Crippen LogP contribution in [0, 0.1) is 13.8 Å². The number of fused-ring (bicyclic) bond motifs is 5. The first-order chi connectivity index (χ1) is 17.9. The molecular weight excluding hydrogens is 468 g/mol. The molecule has 7 nitrogen and oxygen atoms in total. The van der Waals surface area contributed by atoms with Crippen molar-refractivity contribution in [1.29, 1.82) is 0 Å². The van der Waals surface area contributed by atoms with E-state index in [1.807, 2.05) is 68.4 Å². The minimum atomic E-state index is -1.64. The van der Waals surface area contributed by atoms with E-state index in [1.54, 1.807) is 17.0 Å². The van der Waals surface area contributed by atoms with Crippen LogP contribution in [0.2, 0.25) is 0 Å². The number of ether oxygens (including phenoxy) is 1. The Balaban J connectivity index is 1.65. The van der Waals surface area contributed by atoms with E-state index in [0.717, 1.165) is 16.7 Å². The number of benzene rings is 3. The zero-order chi connectivity index (χ0) is 25.9. The van der Waals surface area contributed by atoms with Crippen LogP contribution >= 0.6 is 0 Å². The molecule has 0 radical (unpaired) electrons. The van der Waals surface area contributed by atoms with Gasteiger partial charge in [0.1, 0.15) is 5.58 Å². The number of para-hydroxylation sites is 1. The summed E-state index contributed by atoms with van der Waals surface area (Å²) in [7, 11) is 1.54. The van der Waals surface area contributed by atoms with Crippen LogP contribution in [0.4, 0.5) is 5.69 Å². The van der Waals surface area contributed by atoms with Crippen molar-refractivity contribution < 1.29 is 18.7 Å². The summed E-state index contributed by atoms with van der Waals surface area (Å²) in [5, 5.41) is 0.349. The van der Waals surface area contributed by atoms with Crippen LogP contribution in [-0.2, 0) is 21.6 Å². The van der Waals surface area contributed by atoms with Crippen molar-refractivity contribution in [2.45, 2.75) is 25.9 Å². The van der Waals surface area contributed by atoms with Gasteiger partial charge in [-0.3, -0.25) is 14.4 Å². The normalized spacial score (nSPS) is 18.2. The average Bonchev–Trinajstić information content (AvgIpc) is 3.28. The molecular formula is C30H26N2O5. The van der Waals surface area contributed by atoms with E-state index in [2.05, 4.69) is 0 Å². The van der Waals surface area contributed by atoms with Gasteiger partial charge in [0.25, 0.3) is 11.8 Å². The monoisotopic (exact) mass is 494 g/mol. The molecule has 6 rings (SSSR count). The number of methoxy groups -OCH3 is 1. The lowest BCUT2D eigenvalue weighted by molar-refractivity contribution is -0.126. The maximum absolute atomic E-state index is 14.6. The van der Waals surface area contributed by atoms with Crippen LogP contribution in [0.3, 0.4) is 0 Å². The second-order valence-electron chi connectivity index (χ2n) is 9.69. The van der Waals surface area contributed by atoms with Crippen molar-refractivity contribution >= 4 is 28.5 Å². The van der Waals surface area contributed by atoms with Gasteiger partial charge in [-0.2, -0.15) is 0 Å². The van der Waals surface area contributed by atoms with E-state index in [0.29, 0.717) is 28.8 Å². The summed E-state index contributed by atoms with van der Waals surface area (Å²) in [5.74, 6) is -0.928. The zero-order valence-electron chi connectivity index (χ0n) is 20.9. The highest BCUT2D eigenvalue weighted by Crippen LogP contribution is 2.52. The molecule has 1 unspecified atom stereocenters. The second kappa shape index (κ2) is 8.42. The summed E-state index contributed by atoms with van der Waals surface area (Å²) >= 11 is 0. The number of nitrogens with zero attached hydrogens (tertiary/aromatic N) is 2. The number of hydrogen-bond acceptors (Lipinski definition) is 5. The van der Waals surface area contributed by atoms with E-state index in [1.165, 1.54) is 12.0 Å². The summed E-state index contributed by atoms with van der Waals surface area (Å²) in [5.41, 5.74) is 2.58. The number of hydrogen-bond donors (Lipinski definition) is 0. The Morgan fingerprint density at radius 2 is 1.70 bits per heavy atom. The lowest BCUT2D eigenvalue weighted by atomic mass is 9.84. The second-order valence-corrected chi connectivity index (χ2v) is 9.69. The minimum Gasteiger partial charge on any atom is -0.450 e. The van der Waals surface area contributed by atoms with Gasteiger partial charge in [0.05, 0.1) is 29.8 Å². The number of amides is 2. The van der Waals surface area contributed by atoms with Crippen LogP contribution in [0.1, 0.15) is 38.4 Å². The average molecular weight is 495 g/mol. The van der Waals surface area contributed by atoms with E-state index < -0.39 is 11.4 Å². The molecule has 186 valence electrons. The summed E-state index contributed by atoms with van der Waals surface area (Å²) in [6, 6.07) is 20.6. The maximum Gasteiger partial charge on any atom is 0.291 e. The summed E-state index contributed by atoms with van der Waals surface area (Å²) in [6.45, 7) is 4.51. The summed E-state index contributed by atoms with van der Waals surface area (Å²) in [6.07, 6.45) is 0. The third-order valence-electron chi connectivity index (χ3n) is 7.33. The first-order valence-electron chi connectivity index (χ1n) is 12.2. The molecule has 2 aliphatic rings. The highest BCUT2D eigenvalue weighted by Gasteiger charge is 2.64. The van der Waals surface area contributed by atoms with Crippen molar-refractivity contribution in [2.24, 2.45) is 0 Å². The zero-order valence-corrected chi connectivity index (χ0v) is 20.9. The highest BCUT2D eigenvalue weighted by molar-refractivity contribution is 6.17. The molecule has 0 aliphatic carbocycles. The van der Waals surface area contributed by atoms with Crippen LogP contribution in [0.15, 0.2) is 75.9 Å². The molecule has 0 saturated heterocycles. The summed E-state index contributed by atoms with van der Waals surface area (Å²) in [4.78, 5) is 45.7. The standard InChI is InChI=1S/C30H26N2O5/c1-18-7-6-8-20(15-18)17-31-23-10-5-4-9-22(23)30(29(31)35)25-26(33)21-16-19(2)11-12-24(21)37-27(25)28(34)32(30)13-14-36-3/h4-12,15-16H,13-14,17H2,1-3H3. The van der Waals surface area contributed by atoms with Gasteiger partial charge in [-0.25, -0.2) is 0 Å². The van der Waals surface area contributed by atoms with E-state index >= 15 is 0 Å². The Morgan fingerprint density at radius 3 is 2.49 bits per heavy atom. The Hall–Kier alpha value is -4.23. The molecule has 37 heavy (non-hydrogen) atoms. The van der Waals surface area contributed by atoms with Crippen LogP contribution in [-0.4, -0.2) is 37.0 Å². The Morgan fingerprint density at radius 1 is 0.919 bits per heavy atom. The maximum atomic E-state index is 14.6. The minimum absolute atomic E-state index is 0.0795. The molecule has 2 amide bonds. The van der Waals surface area contributed by atoms with Crippen molar-refractivity contribution in [3.63, 3.8) is 0 Å². The van der Waals surface area contributed by atoms with Crippen molar-refractivity contribution in [1.82, 2.24) is 4.90 Å². The number of rotatable bonds is 5. The van der Waals surface area contributed by atoms with Gasteiger partial charge < -0.3 is 19.0 Å². The molecule has 0 fully saturated rings. The van der Waals surface area contributed by atoms with Gasteiger partial charge >= 0.3 is 0 Å². The fourth-order valence-corrected chi connectivity index (χ4v) is 5.74. The molecule has 0 N–H and O–H groups in total. The molecule has 7 heteroatoms. The van der Waals surface area contributed by atoms with Gasteiger partial charge in [0.2, 0.25) is 5.76 Å². The third kappa shape index (κ3) is 3.20. The van der Waals surface area contributed by atoms with Crippen molar-refractivity contribution in [3.8, 4) is 0 Å². The van der Waals surface area contributed by atoms with Crippen molar-refractivity contribution in [2.75, 3.05) is 25.2 Å². The van der Waals surface area contributed by atoms with Gasteiger partial charge in [-0.15, -0.1) is 0 Å². The molecule has 1 aromatic heterocycles. The van der Waals surface area contributed by atoms with Crippen LogP contribution < -0.4 is 10.3 Å². The molecule has 0 saturated carbocycles. The van der Waals surface area contributed by atoms with Crippen LogP contribution in [0.25, 0.3) is 11.0 Å². The molecule has 4 aromatic rings. The first-order valence-corrected chi connectivity index (χ1v) is 12.2. The van der Waals surface area contributed by atoms with Gasteiger partial charge in [0.15, 0.2) is 11.0 Å². The Bertz CT molecular complexity index is 1660. The number of aryl methyl sites for hydroxylation is 2. The molecule has 2 aliphatic heterocycles. The number of carbonyl (C=O) groups is 2. The van der Waals surface area contributed by atoms with E-state index in [-0.39, 0.29) is 35.8 Å². The predicted molar refractivity (Wildman–Crippen MR) is 140 cm³/mol. The topological polar surface area (TPSA) is 80.1 Å². The molecule has 0 bridgehead atoms. The largest absolute Gasteiger partial charge is 0.450 e. The van der Waals surface area contributed by atoms with Gasteiger partial charge in [-0.05, 0) is 37.6 Å². The third-order valence-corrected chi connectivity index (χ3v) is 7.33. The Kier molecular flexibility index (Phi) is 5.28. The number of anilines is 1. The lowest BCUT2D eigenvalue weighted by Crippen LogP contribution is -2.54. The molecule has 3 heterocycles. The van der Waals surface area contributed by atoms with E-state index in [4.69, 9.17) is 9.15 Å². The SMILES string of the molecule is COCCN1C(=O)c2oc3ccc(C)cc3c(=O)c2C12C(=O)N(Cc1cccc(C)c1)c1ccccc12. The first kappa shape index (κ1) is 23.2. The fraction of sp³-hybridized carbons (Fsp3) is 0.233. The van der Waals surface area contributed by atoms with Crippen molar-refractivity contribution in [3.05, 3.63) is 111 Å². The van der Waals surface area contributed by atoms with Gasteiger partial charge in [0, 0.05) is 19.2 Å². The smallest absolute Gasteiger partial charge is 0.291 e.